The van der Waals surface area contributed by atoms with E-state index in [2.05, 4.69) is 90.1 Å². The molecule has 0 saturated heterocycles. The van der Waals surface area contributed by atoms with E-state index >= 15 is 0 Å². The van der Waals surface area contributed by atoms with Crippen molar-refractivity contribution in [2.45, 2.75) is 57.6 Å². The van der Waals surface area contributed by atoms with Gasteiger partial charge in [0.25, 0.3) is 0 Å². The maximum atomic E-state index is 5.03. The zero-order chi connectivity index (χ0) is 17.6. The largest absolute Gasteiger partial charge is 0.257 e. The van der Waals surface area contributed by atoms with Gasteiger partial charge in [0, 0.05) is 10.6 Å². The quantitative estimate of drug-likeness (QED) is 0.635. The minimum Gasteiger partial charge on any atom is -0.257 e. The molecule has 128 valence electrons. The van der Waals surface area contributed by atoms with E-state index in [1.165, 1.54) is 17.0 Å². The highest BCUT2D eigenvalue weighted by molar-refractivity contribution is 8.00. The average molecular weight is 340 g/mol. The van der Waals surface area contributed by atoms with Crippen molar-refractivity contribution < 1.29 is 0 Å². The van der Waals surface area contributed by atoms with Crippen LogP contribution in [0, 0.1) is 23.7 Å². The maximum absolute atomic E-state index is 5.03. The lowest BCUT2D eigenvalue weighted by molar-refractivity contribution is 0.175. The van der Waals surface area contributed by atoms with Gasteiger partial charge in [-0.15, -0.1) is 11.8 Å². The highest BCUT2D eigenvalue weighted by atomic mass is 32.2. The summed E-state index contributed by atoms with van der Waals surface area (Å²) in [4.78, 5) is 6.36. The number of pyridine rings is 1. The molecule has 0 spiro atoms. The van der Waals surface area contributed by atoms with Gasteiger partial charge in [0.15, 0.2) is 0 Å². The van der Waals surface area contributed by atoms with E-state index in [1.54, 1.807) is 0 Å². The summed E-state index contributed by atoms with van der Waals surface area (Å²) >= 11 is 2.02. The van der Waals surface area contributed by atoms with Crippen molar-refractivity contribution in [2.75, 3.05) is 0 Å². The van der Waals surface area contributed by atoms with Crippen molar-refractivity contribution in [3.8, 4) is 0 Å². The first-order chi connectivity index (χ1) is 11.2. The SMILES string of the molecule is Cc1cccc([C@@]2(Sc3ccccc3)C(C)(C)C[C@H](C)C2(C)C)n1. The smallest absolute Gasteiger partial charge is 0.0731 e. The summed E-state index contributed by atoms with van der Waals surface area (Å²) < 4.78 is -0.0488. The van der Waals surface area contributed by atoms with Crippen molar-refractivity contribution in [3.05, 3.63) is 59.9 Å². The van der Waals surface area contributed by atoms with Gasteiger partial charge < -0.3 is 0 Å². The third-order valence-electron chi connectivity index (χ3n) is 6.17. The third kappa shape index (κ3) is 2.50. The summed E-state index contributed by atoms with van der Waals surface area (Å²) in [6.45, 7) is 14.2. The van der Waals surface area contributed by atoms with Crippen LogP contribution in [0.1, 0.15) is 52.4 Å². The van der Waals surface area contributed by atoms with Crippen LogP contribution in [-0.4, -0.2) is 4.98 Å². The molecule has 0 amide bonds. The van der Waals surface area contributed by atoms with Gasteiger partial charge in [-0.1, -0.05) is 58.9 Å². The average Bonchev–Trinajstić information content (AvgIpc) is 2.65. The number of aryl methyl sites for hydroxylation is 1. The molecule has 1 aromatic carbocycles. The molecule has 0 N–H and O–H groups in total. The van der Waals surface area contributed by atoms with E-state index in [0.29, 0.717) is 5.92 Å². The Labute approximate surface area is 151 Å². The fourth-order valence-corrected chi connectivity index (χ4v) is 6.48. The van der Waals surface area contributed by atoms with Crippen LogP contribution in [0.4, 0.5) is 0 Å². The number of rotatable bonds is 3. The molecule has 1 nitrogen and oxygen atoms in total. The van der Waals surface area contributed by atoms with Crippen molar-refractivity contribution in [1.29, 1.82) is 0 Å². The molecular formula is C22H29NS. The second-order valence-corrected chi connectivity index (χ2v) is 9.76. The predicted octanol–water partition coefficient (Wildman–Crippen LogP) is 6.47. The van der Waals surface area contributed by atoms with Crippen LogP contribution in [0.3, 0.4) is 0 Å². The molecule has 24 heavy (non-hydrogen) atoms. The molecule has 2 aromatic rings. The van der Waals surface area contributed by atoms with Gasteiger partial charge in [-0.25, -0.2) is 0 Å². The van der Waals surface area contributed by atoms with E-state index in [1.807, 2.05) is 11.8 Å². The fourth-order valence-electron chi connectivity index (χ4n) is 4.79. The monoisotopic (exact) mass is 339 g/mol. The second-order valence-electron chi connectivity index (χ2n) is 8.47. The fraction of sp³-hybridized carbons (Fsp3) is 0.500. The normalized spacial score (nSPS) is 28.0. The van der Waals surface area contributed by atoms with Gasteiger partial charge in [0.05, 0.1) is 10.4 Å². The molecule has 1 aliphatic rings. The Bertz CT molecular complexity index is 720. The number of hydrogen-bond donors (Lipinski definition) is 0. The van der Waals surface area contributed by atoms with E-state index in [4.69, 9.17) is 4.98 Å². The van der Waals surface area contributed by atoms with Crippen LogP contribution >= 0.6 is 11.8 Å². The van der Waals surface area contributed by atoms with Crippen LogP contribution in [0.15, 0.2) is 53.4 Å². The summed E-state index contributed by atoms with van der Waals surface area (Å²) in [6, 6.07) is 17.3. The minimum atomic E-state index is -0.0488. The van der Waals surface area contributed by atoms with Crippen molar-refractivity contribution in [1.82, 2.24) is 4.98 Å². The Morgan fingerprint density at radius 2 is 1.62 bits per heavy atom. The molecule has 0 bridgehead atoms. The van der Waals surface area contributed by atoms with Crippen molar-refractivity contribution in [2.24, 2.45) is 16.7 Å². The highest BCUT2D eigenvalue weighted by Crippen LogP contribution is 2.71. The molecule has 0 radical (unpaired) electrons. The van der Waals surface area contributed by atoms with Gasteiger partial charge in [-0.2, -0.15) is 0 Å². The highest BCUT2D eigenvalue weighted by Gasteiger charge is 2.64. The van der Waals surface area contributed by atoms with Crippen molar-refractivity contribution >= 4 is 11.8 Å². The summed E-state index contributed by atoms with van der Waals surface area (Å²) in [5.74, 6) is 0.644. The van der Waals surface area contributed by atoms with Crippen LogP contribution in [0.25, 0.3) is 0 Å². The van der Waals surface area contributed by atoms with Gasteiger partial charge in [0.1, 0.15) is 0 Å². The molecule has 1 aliphatic carbocycles. The Morgan fingerprint density at radius 1 is 0.958 bits per heavy atom. The first-order valence-corrected chi connectivity index (χ1v) is 9.70. The van der Waals surface area contributed by atoms with Crippen molar-refractivity contribution in [3.63, 3.8) is 0 Å². The van der Waals surface area contributed by atoms with Crippen LogP contribution < -0.4 is 0 Å². The van der Waals surface area contributed by atoms with E-state index in [0.717, 1.165) is 5.69 Å². The molecule has 1 heterocycles. The predicted molar refractivity (Wildman–Crippen MR) is 104 cm³/mol. The summed E-state index contributed by atoms with van der Waals surface area (Å²) in [7, 11) is 0. The minimum absolute atomic E-state index is 0.0488. The van der Waals surface area contributed by atoms with Gasteiger partial charge in [0.2, 0.25) is 0 Å². The lowest BCUT2D eigenvalue weighted by Crippen LogP contribution is -2.45. The van der Waals surface area contributed by atoms with E-state index in [9.17, 15) is 0 Å². The molecule has 0 unspecified atom stereocenters. The summed E-state index contributed by atoms with van der Waals surface area (Å²) in [5.41, 5.74) is 2.65. The molecule has 1 aromatic heterocycles. The lowest BCUT2D eigenvalue weighted by atomic mass is 9.68. The van der Waals surface area contributed by atoms with E-state index < -0.39 is 0 Å². The number of hydrogen-bond acceptors (Lipinski definition) is 2. The first-order valence-electron chi connectivity index (χ1n) is 8.89. The molecule has 2 atom stereocenters. The molecular weight excluding hydrogens is 310 g/mol. The van der Waals surface area contributed by atoms with E-state index in [-0.39, 0.29) is 15.6 Å². The summed E-state index contributed by atoms with van der Waals surface area (Å²) in [5, 5.41) is 0. The Morgan fingerprint density at radius 3 is 2.17 bits per heavy atom. The Kier molecular flexibility index (Phi) is 4.32. The zero-order valence-corrected chi connectivity index (χ0v) is 16.6. The van der Waals surface area contributed by atoms with Crippen LogP contribution in [0.2, 0.25) is 0 Å². The van der Waals surface area contributed by atoms with Gasteiger partial charge in [-0.3, -0.25) is 4.98 Å². The molecule has 1 saturated carbocycles. The molecule has 1 fully saturated rings. The Balaban J connectivity index is 2.25. The number of aromatic nitrogens is 1. The zero-order valence-electron chi connectivity index (χ0n) is 15.8. The van der Waals surface area contributed by atoms with Gasteiger partial charge >= 0.3 is 0 Å². The van der Waals surface area contributed by atoms with Gasteiger partial charge in [-0.05, 0) is 54.4 Å². The Hall–Kier alpha value is -1.28. The molecule has 2 heteroatoms. The number of nitrogens with zero attached hydrogens (tertiary/aromatic N) is 1. The number of benzene rings is 1. The third-order valence-corrected chi connectivity index (χ3v) is 8.27. The van der Waals surface area contributed by atoms with Crippen LogP contribution in [-0.2, 0) is 4.75 Å². The van der Waals surface area contributed by atoms with Crippen LogP contribution in [0.5, 0.6) is 0 Å². The standard InChI is InChI=1S/C22H29NS/c1-16-15-20(3,4)22(21(16,5)6,19-14-10-11-17(2)23-19)24-18-12-8-7-9-13-18/h7-14,16H,15H2,1-6H3/t16-,22+/m0/s1. The topological polar surface area (TPSA) is 12.9 Å². The maximum Gasteiger partial charge on any atom is 0.0731 e. The second kappa shape index (κ2) is 5.91. The lowest BCUT2D eigenvalue weighted by Gasteiger charge is -2.49. The summed E-state index contributed by atoms with van der Waals surface area (Å²) in [6.07, 6.45) is 1.22. The molecule has 0 aliphatic heterocycles. The number of thioether (sulfide) groups is 1. The molecule has 3 rings (SSSR count). The first kappa shape index (κ1) is 17.5.